The van der Waals surface area contributed by atoms with E-state index in [2.05, 4.69) is 57.1 Å². The molecule has 2 rings (SSSR count). The molecule has 0 spiro atoms. The normalized spacial score (nSPS) is 19.2. The van der Waals surface area contributed by atoms with Gasteiger partial charge in [-0.15, -0.1) is 0 Å². The molecule has 0 aromatic carbocycles. The zero-order valence-electron chi connectivity index (χ0n) is 11.3. The Morgan fingerprint density at radius 1 is 1.61 bits per heavy atom. The minimum absolute atomic E-state index is 0.163. The van der Waals surface area contributed by atoms with Crippen LogP contribution in [-0.4, -0.2) is 35.3 Å². The highest BCUT2D eigenvalue weighted by Gasteiger charge is 2.47. The Hall–Kier alpha value is -0.430. The smallest absolute Gasteiger partial charge is 0.0715 e. The molecule has 1 fully saturated rings. The zero-order valence-corrected chi connectivity index (χ0v) is 12.9. The Labute approximate surface area is 117 Å². The fourth-order valence-electron chi connectivity index (χ4n) is 2.23. The summed E-state index contributed by atoms with van der Waals surface area (Å²) < 4.78 is 3.09. The van der Waals surface area contributed by atoms with Crippen LogP contribution in [0.25, 0.3) is 0 Å². The van der Waals surface area contributed by atoms with Crippen molar-refractivity contribution in [3.63, 3.8) is 0 Å². The molecule has 102 valence electrons. The zero-order chi connectivity index (χ0) is 13.3. The van der Waals surface area contributed by atoms with Crippen LogP contribution < -0.4 is 11.3 Å². The van der Waals surface area contributed by atoms with Crippen LogP contribution in [0.3, 0.4) is 0 Å². The molecule has 0 aliphatic heterocycles. The number of rotatable bonds is 6. The predicted molar refractivity (Wildman–Crippen MR) is 75.9 cm³/mol. The van der Waals surface area contributed by atoms with Gasteiger partial charge in [0, 0.05) is 6.54 Å². The van der Waals surface area contributed by atoms with Crippen LogP contribution in [-0.2, 0) is 6.54 Å². The fourth-order valence-corrected chi connectivity index (χ4v) is 2.75. The summed E-state index contributed by atoms with van der Waals surface area (Å²) >= 11 is 3.59. The highest BCUT2D eigenvalue weighted by atomic mass is 79.9. The standard InChI is InChI=1S/C12H22BrN5/c1-12(4-5-12)11(16-14)10-9(13)8-15-18(10)7-6-17(2)3/h8,11,16H,4-7,14H2,1-3H3. The molecule has 1 saturated carbocycles. The maximum Gasteiger partial charge on any atom is 0.0715 e. The van der Waals surface area contributed by atoms with Crippen molar-refractivity contribution in [2.45, 2.75) is 32.4 Å². The summed E-state index contributed by atoms with van der Waals surface area (Å²) in [7, 11) is 4.14. The van der Waals surface area contributed by atoms with E-state index in [9.17, 15) is 0 Å². The third kappa shape index (κ3) is 2.77. The van der Waals surface area contributed by atoms with Gasteiger partial charge in [0.15, 0.2) is 0 Å². The van der Waals surface area contributed by atoms with Gasteiger partial charge in [-0.1, -0.05) is 6.92 Å². The second-order valence-electron chi connectivity index (χ2n) is 5.66. The summed E-state index contributed by atoms with van der Waals surface area (Å²) in [6.45, 7) is 4.12. The molecule has 1 atom stereocenters. The van der Waals surface area contributed by atoms with Gasteiger partial charge < -0.3 is 4.90 Å². The Kier molecular flexibility index (Phi) is 4.11. The van der Waals surface area contributed by atoms with Crippen LogP contribution in [0.5, 0.6) is 0 Å². The highest BCUT2D eigenvalue weighted by Crippen LogP contribution is 2.54. The first-order valence-electron chi connectivity index (χ1n) is 6.30. The van der Waals surface area contributed by atoms with E-state index in [0.29, 0.717) is 0 Å². The maximum atomic E-state index is 5.76. The molecule has 0 bridgehead atoms. The predicted octanol–water partition coefficient (Wildman–Crippen LogP) is 1.51. The lowest BCUT2D eigenvalue weighted by atomic mass is 9.96. The highest BCUT2D eigenvalue weighted by molar-refractivity contribution is 9.10. The van der Waals surface area contributed by atoms with Gasteiger partial charge in [-0.3, -0.25) is 16.0 Å². The van der Waals surface area contributed by atoms with Crippen LogP contribution in [0.4, 0.5) is 0 Å². The number of halogens is 1. The number of aromatic nitrogens is 2. The van der Waals surface area contributed by atoms with Crippen LogP contribution >= 0.6 is 15.9 Å². The molecule has 1 aliphatic rings. The molecule has 3 N–H and O–H groups in total. The molecule has 0 saturated heterocycles. The second kappa shape index (κ2) is 5.28. The largest absolute Gasteiger partial charge is 0.308 e. The van der Waals surface area contributed by atoms with Gasteiger partial charge in [-0.2, -0.15) is 5.10 Å². The number of nitrogens with two attached hydrogens (primary N) is 1. The van der Waals surface area contributed by atoms with E-state index in [1.54, 1.807) is 0 Å². The number of hydrazine groups is 1. The van der Waals surface area contributed by atoms with E-state index in [-0.39, 0.29) is 11.5 Å². The first-order chi connectivity index (χ1) is 8.48. The average molecular weight is 316 g/mol. The van der Waals surface area contributed by atoms with Crippen molar-refractivity contribution in [2.24, 2.45) is 11.3 Å². The van der Waals surface area contributed by atoms with Crippen LogP contribution in [0.1, 0.15) is 31.5 Å². The second-order valence-corrected chi connectivity index (χ2v) is 6.51. The number of nitrogens with one attached hydrogen (secondary N) is 1. The number of nitrogens with zero attached hydrogens (tertiary/aromatic N) is 3. The van der Waals surface area contributed by atoms with Crippen molar-refractivity contribution in [3.8, 4) is 0 Å². The molecule has 6 heteroatoms. The molecular weight excluding hydrogens is 294 g/mol. The molecular formula is C12H22BrN5. The number of hydrogen-bond donors (Lipinski definition) is 2. The van der Waals surface area contributed by atoms with E-state index in [4.69, 9.17) is 5.84 Å². The van der Waals surface area contributed by atoms with Gasteiger partial charge in [0.05, 0.1) is 29.0 Å². The van der Waals surface area contributed by atoms with Crippen LogP contribution in [0, 0.1) is 5.41 Å². The van der Waals surface area contributed by atoms with Crippen LogP contribution in [0.15, 0.2) is 10.7 Å². The summed E-state index contributed by atoms with van der Waals surface area (Å²) in [6.07, 6.45) is 4.29. The van der Waals surface area contributed by atoms with Crippen LogP contribution in [0.2, 0.25) is 0 Å². The molecule has 18 heavy (non-hydrogen) atoms. The van der Waals surface area contributed by atoms with Gasteiger partial charge in [-0.05, 0) is 48.3 Å². The maximum absolute atomic E-state index is 5.76. The summed E-state index contributed by atoms with van der Waals surface area (Å²) in [5, 5.41) is 4.45. The van der Waals surface area contributed by atoms with Crippen molar-refractivity contribution >= 4 is 15.9 Å². The minimum atomic E-state index is 0.163. The molecule has 0 radical (unpaired) electrons. The molecule has 0 amide bonds. The van der Waals surface area contributed by atoms with Gasteiger partial charge in [0.2, 0.25) is 0 Å². The van der Waals surface area contributed by atoms with Crippen molar-refractivity contribution in [2.75, 3.05) is 20.6 Å². The van der Waals surface area contributed by atoms with Crippen molar-refractivity contribution in [1.82, 2.24) is 20.1 Å². The topological polar surface area (TPSA) is 59.1 Å². The van der Waals surface area contributed by atoms with E-state index >= 15 is 0 Å². The third-order valence-electron chi connectivity index (χ3n) is 3.77. The molecule has 1 heterocycles. The lowest BCUT2D eigenvalue weighted by molar-refractivity contribution is 0.326. The van der Waals surface area contributed by atoms with Crippen molar-refractivity contribution in [3.05, 3.63) is 16.4 Å². The number of hydrogen-bond acceptors (Lipinski definition) is 4. The van der Waals surface area contributed by atoms with E-state index < -0.39 is 0 Å². The van der Waals surface area contributed by atoms with E-state index in [1.807, 2.05) is 6.20 Å². The Morgan fingerprint density at radius 3 is 2.78 bits per heavy atom. The summed E-state index contributed by atoms with van der Waals surface area (Å²) in [6, 6.07) is 0.163. The molecule has 5 nitrogen and oxygen atoms in total. The monoisotopic (exact) mass is 315 g/mol. The first-order valence-corrected chi connectivity index (χ1v) is 7.09. The van der Waals surface area contributed by atoms with Crippen molar-refractivity contribution in [1.29, 1.82) is 0 Å². The number of likely N-dealkylation sites (N-methyl/N-ethyl adjacent to an activating group) is 1. The Balaban J connectivity index is 2.22. The molecule has 1 aliphatic carbocycles. The van der Waals surface area contributed by atoms with Gasteiger partial charge in [0.1, 0.15) is 0 Å². The van der Waals surface area contributed by atoms with Gasteiger partial charge in [0.25, 0.3) is 0 Å². The van der Waals surface area contributed by atoms with Crippen molar-refractivity contribution < 1.29 is 0 Å². The minimum Gasteiger partial charge on any atom is -0.308 e. The van der Waals surface area contributed by atoms with Gasteiger partial charge in [-0.25, -0.2) is 0 Å². The Bertz CT molecular complexity index is 411. The molecule has 1 aromatic rings. The lowest BCUT2D eigenvalue weighted by Gasteiger charge is -2.24. The average Bonchev–Trinajstić information content (AvgIpc) is 2.95. The lowest BCUT2D eigenvalue weighted by Crippen LogP contribution is -2.36. The van der Waals surface area contributed by atoms with E-state index in [1.165, 1.54) is 18.5 Å². The SMILES string of the molecule is CN(C)CCn1ncc(Br)c1C(NN)C1(C)CC1. The fraction of sp³-hybridized carbons (Fsp3) is 0.750. The quantitative estimate of drug-likeness (QED) is 0.617. The summed E-state index contributed by atoms with van der Waals surface area (Å²) in [4.78, 5) is 2.16. The molecule has 1 aromatic heterocycles. The summed E-state index contributed by atoms with van der Waals surface area (Å²) in [5.41, 5.74) is 4.41. The van der Waals surface area contributed by atoms with Gasteiger partial charge >= 0.3 is 0 Å². The third-order valence-corrected chi connectivity index (χ3v) is 4.38. The molecule has 1 unspecified atom stereocenters. The Morgan fingerprint density at radius 2 is 2.28 bits per heavy atom. The summed E-state index contributed by atoms with van der Waals surface area (Å²) in [5.74, 6) is 5.76. The van der Waals surface area contributed by atoms with E-state index in [0.717, 1.165) is 17.6 Å². The first kappa shape index (κ1) is 14.0.